The molecule has 1 unspecified atom stereocenters. The van der Waals surface area contributed by atoms with Crippen LogP contribution in [0.4, 0.5) is 4.39 Å². The van der Waals surface area contributed by atoms with Gasteiger partial charge in [-0.3, -0.25) is 4.68 Å². The Balaban J connectivity index is 1.52. The van der Waals surface area contributed by atoms with Crippen molar-refractivity contribution in [1.82, 2.24) is 30.1 Å². The summed E-state index contributed by atoms with van der Waals surface area (Å²) < 4.78 is 18.1. The molecular formula is C17H25FN6. The van der Waals surface area contributed by atoms with Gasteiger partial charge in [-0.15, -0.1) is 5.10 Å². The lowest BCUT2D eigenvalue weighted by molar-refractivity contribution is 0.162. The van der Waals surface area contributed by atoms with Crippen molar-refractivity contribution in [2.24, 2.45) is 13.0 Å². The molecule has 1 aliphatic heterocycles. The molecular weight excluding hydrogens is 307 g/mol. The van der Waals surface area contributed by atoms with Gasteiger partial charge < -0.3 is 5.32 Å². The fraction of sp³-hybridized carbons (Fsp3) is 0.706. The minimum absolute atomic E-state index is 0.128. The number of piperidine rings is 1. The molecule has 1 N–H and O–H groups in total. The maximum atomic E-state index is 14.5. The molecule has 7 heteroatoms. The summed E-state index contributed by atoms with van der Waals surface area (Å²) in [5, 5.41) is 16.4. The second kappa shape index (κ2) is 6.63. The number of alkyl halides is 1. The van der Waals surface area contributed by atoms with E-state index in [4.69, 9.17) is 0 Å². The first-order chi connectivity index (χ1) is 11.7. The van der Waals surface area contributed by atoms with Gasteiger partial charge in [0.1, 0.15) is 11.9 Å². The lowest BCUT2D eigenvalue weighted by atomic mass is 9.93. The Labute approximate surface area is 141 Å². The summed E-state index contributed by atoms with van der Waals surface area (Å²) in [5.74, 6) is 0.128. The van der Waals surface area contributed by atoms with Crippen LogP contribution >= 0.6 is 0 Å². The standard InChI is InChI=1S/C17H25FN6/c1-23-17(13-4-2-3-5-15(13)21-23)16-11-24(22-20-16)10-14(18)12-6-8-19-9-7-12/h11-12,14,19H,2-10H2,1H3. The van der Waals surface area contributed by atoms with E-state index in [1.165, 1.54) is 24.1 Å². The van der Waals surface area contributed by atoms with Gasteiger partial charge in [-0.05, 0) is 57.5 Å². The Bertz CT molecular complexity index is 700. The molecule has 0 bridgehead atoms. The molecule has 6 nitrogen and oxygen atoms in total. The number of aromatic nitrogens is 5. The van der Waals surface area contributed by atoms with Gasteiger partial charge >= 0.3 is 0 Å². The fourth-order valence-corrected chi connectivity index (χ4v) is 4.03. The van der Waals surface area contributed by atoms with Crippen molar-refractivity contribution in [3.8, 4) is 11.4 Å². The van der Waals surface area contributed by atoms with E-state index in [-0.39, 0.29) is 12.5 Å². The predicted molar refractivity (Wildman–Crippen MR) is 89.4 cm³/mol. The highest BCUT2D eigenvalue weighted by atomic mass is 19.1. The summed E-state index contributed by atoms with van der Waals surface area (Å²) in [6.45, 7) is 2.11. The molecule has 4 rings (SSSR count). The third-order valence-electron chi connectivity index (χ3n) is 5.36. The van der Waals surface area contributed by atoms with Crippen LogP contribution in [0, 0.1) is 5.92 Å². The first-order valence-corrected chi connectivity index (χ1v) is 9.02. The van der Waals surface area contributed by atoms with E-state index >= 15 is 0 Å². The summed E-state index contributed by atoms with van der Waals surface area (Å²) in [5.41, 5.74) is 4.34. The van der Waals surface area contributed by atoms with Gasteiger partial charge in [0.15, 0.2) is 0 Å². The molecule has 0 amide bonds. The average molecular weight is 332 g/mol. The molecule has 1 saturated heterocycles. The van der Waals surface area contributed by atoms with Gasteiger partial charge in [0, 0.05) is 12.6 Å². The first kappa shape index (κ1) is 15.7. The van der Waals surface area contributed by atoms with Crippen molar-refractivity contribution >= 4 is 0 Å². The third kappa shape index (κ3) is 2.97. The SMILES string of the molecule is Cn1nc2c(c1-c1cn(CC(F)C3CCNCC3)nn1)CCCC2. The number of hydrogen-bond donors (Lipinski definition) is 1. The molecule has 2 aromatic rings. The largest absolute Gasteiger partial charge is 0.317 e. The number of aryl methyl sites for hydroxylation is 2. The van der Waals surface area contributed by atoms with Crippen molar-refractivity contribution in [3.63, 3.8) is 0 Å². The molecule has 2 aromatic heterocycles. The van der Waals surface area contributed by atoms with Crippen LogP contribution in [-0.2, 0) is 26.4 Å². The third-order valence-corrected chi connectivity index (χ3v) is 5.36. The Kier molecular flexibility index (Phi) is 4.35. The minimum Gasteiger partial charge on any atom is -0.317 e. The Hall–Kier alpha value is -1.76. The molecule has 0 aromatic carbocycles. The number of hydrogen-bond acceptors (Lipinski definition) is 4. The molecule has 0 saturated carbocycles. The van der Waals surface area contributed by atoms with Gasteiger partial charge in [-0.2, -0.15) is 5.10 Å². The normalized spacial score (nSPS) is 20.1. The molecule has 1 aliphatic carbocycles. The number of fused-ring (bicyclic) bond motifs is 1. The van der Waals surface area contributed by atoms with E-state index in [2.05, 4.69) is 20.7 Å². The quantitative estimate of drug-likeness (QED) is 0.929. The number of nitrogens with one attached hydrogen (secondary N) is 1. The average Bonchev–Trinajstić information content (AvgIpc) is 3.18. The highest BCUT2D eigenvalue weighted by Crippen LogP contribution is 2.30. The first-order valence-electron chi connectivity index (χ1n) is 9.02. The van der Waals surface area contributed by atoms with E-state index in [0.717, 1.165) is 50.2 Å². The van der Waals surface area contributed by atoms with Crippen molar-refractivity contribution in [2.45, 2.75) is 51.2 Å². The molecule has 1 atom stereocenters. The van der Waals surface area contributed by atoms with E-state index in [0.29, 0.717) is 0 Å². The van der Waals surface area contributed by atoms with Gasteiger partial charge in [-0.25, -0.2) is 9.07 Å². The lowest BCUT2D eigenvalue weighted by Gasteiger charge is -2.25. The molecule has 2 aliphatic rings. The second-order valence-corrected chi connectivity index (χ2v) is 7.03. The summed E-state index contributed by atoms with van der Waals surface area (Å²) in [6, 6.07) is 0. The maximum Gasteiger partial charge on any atom is 0.131 e. The second-order valence-electron chi connectivity index (χ2n) is 7.03. The van der Waals surface area contributed by atoms with Crippen LogP contribution in [0.1, 0.15) is 36.9 Å². The van der Waals surface area contributed by atoms with E-state index in [1.54, 1.807) is 4.68 Å². The van der Waals surface area contributed by atoms with Gasteiger partial charge in [0.05, 0.1) is 24.1 Å². The summed E-state index contributed by atoms with van der Waals surface area (Å²) in [7, 11) is 1.96. The summed E-state index contributed by atoms with van der Waals surface area (Å²) in [4.78, 5) is 0. The summed E-state index contributed by atoms with van der Waals surface area (Å²) >= 11 is 0. The topological polar surface area (TPSA) is 60.6 Å². The highest BCUT2D eigenvalue weighted by Gasteiger charge is 2.25. The zero-order valence-electron chi connectivity index (χ0n) is 14.2. The predicted octanol–water partition coefficient (Wildman–Crippen LogP) is 1.90. The molecule has 1 fully saturated rings. The van der Waals surface area contributed by atoms with Crippen LogP contribution in [-0.4, -0.2) is 44.0 Å². The van der Waals surface area contributed by atoms with Crippen molar-refractivity contribution in [2.75, 3.05) is 13.1 Å². The van der Waals surface area contributed by atoms with Crippen LogP contribution in [0.25, 0.3) is 11.4 Å². The molecule has 130 valence electrons. The molecule has 0 spiro atoms. The Morgan fingerprint density at radius 2 is 2.08 bits per heavy atom. The molecule has 24 heavy (non-hydrogen) atoms. The Morgan fingerprint density at radius 1 is 1.29 bits per heavy atom. The van der Waals surface area contributed by atoms with E-state index in [9.17, 15) is 4.39 Å². The minimum atomic E-state index is -0.859. The van der Waals surface area contributed by atoms with Crippen LogP contribution in [0.15, 0.2) is 6.20 Å². The van der Waals surface area contributed by atoms with Crippen LogP contribution < -0.4 is 5.32 Å². The zero-order chi connectivity index (χ0) is 16.5. The number of halogens is 1. The maximum absolute atomic E-state index is 14.5. The van der Waals surface area contributed by atoms with Gasteiger partial charge in [0.2, 0.25) is 0 Å². The zero-order valence-corrected chi connectivity index (χ0v) is 14.2. The van der Waals surface area contributed by atoms with Crippen molar-refractivity contribution in [3.05, 3.63) is 17.5 Å². The fourth-order valence-electron chi connectivity index (χ4n) is 4.03. The lowest BCUT2D eigenvalue weighted by Crippen LogP contribution is -2.34. The van der Waals surface area contributed by atoms with Crippen LogP contribution in [0.3, 0.4) is 0 Å². The summed E-state index contributed by atoms with van der Waals surface area (Å²) in [6.07, 6.45) is 7.31. The van der Waals surface area contributed by atoms with Gasteiger partial charge in [0.25, 0.3) is 0 Å². The van der Waals surface area contributed by atoms with Crippen LogP contribution in [0.2, 0.25) is 0 Å². The molecule has 0 radical (unpaired) electrons. The van der Waals surface area contributed by atoms with E-state index < -0.39 is 6.17 Å². The monoisotopic (exact) mass is 332 g/mol. The van der Waals surface area contributed by atoms with Crippen LogP contribution in [0.5, 0.6) is 0 Å². The highest BCUT2D eigenvalue weighted by molar-refractivity contribution is 5.60. The van der Waals surface area contributed by atoms with Crippen molar-refractivity contribution in [1.29, 1.82) is 0 Å². The van der Waals surface area contributed by atoms with E-state index in [1.807, 2.05) is 17.9 Å². The Morgan fingerprint density at radius 3 is 2.92 bits per heavy atom. The molecule has 3 heterocycles. The van der Waals surface area contributed by atoms with Gasteiger partial charge in [-0.1, -0.05) is 5.21 Å². The smallest absolute Gasteiger partial charge is 0.131 e. The van der Waals surface area contributed by atoms with Crippen molar-refractivity contribution < 1.29 is 4.39 Å². The number of nitrogens with zero attached hydrogens (tertiary/aromatic N) is 5. The number of rotatable bonds is 4.